The maximum Gasteiger partial charge on any atom is 0.271 e. The first kappa shape index (κ1) is 21.6. The van der Waals surface area contributed by atoms with E-state index < -0.39 is 0 Å². The number of nitrogens with zero attached hydrogens (tertiary/aromatic N) is 2. The molecule has 0 aliphatic carbocycles. The standard InChI is InChI=1S/C25H31N3O2/c1-7-11-28-23-12-17(2)20(14-22(23)18(3)15-25(28,4)5)16-26-27-24(29)19-9-8-10-21(13-19)30-6/h8-10,12-16H,7,11H2,1-6H3,(H,27,29)/b26-16-. The predicted molar refractivity (Wildman–Crippen MR) is 125 cm³/mol. The first-order valence-electron chi connectivity index (χ1n) is 10.4. The second kappa shape index (κ2) is 8.74. The van der Waals surface area contributed by atoms with Gasteiger partial charge in [-0.2, -0.15) is 5.10 Å². The van der Waals surface area contributed by atoms with Crippen molar-refractivity contribution in [2.24, 2.45) is 5.10 Å². The number of carbonyl (C=O) groups is 1. The summed E-state index contributed by atoms with van der Waals surface area (Å²) in [4.78, 5) is 14.8. The molecular weight excluding hydrogens is 374 g/mol. The lowest BCUT2D eigenvalue weighted by Crippen LogP contribution is -2.45. The predicted octanol–water partition coefficient (Wildman–Crippen LogP) is 5.18. The summed E-state index contributed by atoms with van der Waals surface area (Å²) in [6, 6.07) is 11.4. The Morgan fingerprint density at radius 1 is 1.23 bits per heavy atom. The van der Waals surface area contributed by atoms with Gasteiger partial charge in [-0.3, -0.25) is 4.79 Å². The number of aryl methyl sites for hydroxylation is 1. The molecule has 1 heterocycles. The molecule has 1 aliphatic heterocycles. The van der Waals surface area contributed by atoms with E-state index in [0.29, 0.717) is 11.3 Å². The Hall–Kier alpha value is -3.08. The van der Waals surface area contributed by atoms with Gasteiger partial charge in [0.15, 0.2) is 0 Å². The fourth-order valence-corrected chi connectivity index (χ4v) is 4.01. The van der Waals surface area contributed by atoms with Gasteiger partial charge < -0.3 is 9.64 Å². The van der Waals surface area contributed by atoms with E-state index in [9.17, 15) is 4.79 Å². The third-order valence-electron chi connectivity index (χ3n) is 5.51. The Balaban J connectivity index is 1.84. The molecule has 0 fully saturated rings. The van der Waals surface area contributed by atoms with Gasteiger partial charge in [0.2, 0.25) is 0 Å². The summed E-state index contributed by atoms with van der Waals surface area (Å²) in [6.45, 7) is 12.0. The average molecular weight is 406 g/mol. The van der Waals surface area contributed by atoms with Crippen LogP contribution in [0.25, 0.3) is 5.57 Å². The molecule has 1 aliphatic rings. The normalized spacial score (nSPS) is 15.0. The molecule has 30 heavy (non-hydrogen) atoms. The lowest BCUT2D eigenvalue weighted by molar-refractivity contribution is 0.0955. The summed E-state index contributed by atoms with van der Waals surface area (Å²) in [5, 5.41) is 4.19. The van der Waals surface area contributed by atoms with Crippen LogP contribution in [-0.4, -0.2) is 31.3 Å². The molecule has 5 heteroatoms. The van der Waals surface area contributed by atoms with Gasteiger partial charge in [-0.05, 0) is 81.1 Å². The number of allylic oxidation sites excluding steroid dienone is 1. The van der Waals surface area contributed by atoms with E-state index >= 15 is 0 Å². The van der Waals surface area contributed by atoms with E-state index in [4.69, 9.17) is 4.74 Å². The number of fused-ring (bicyclic) bond motifs is 1. The highest BCUT2D eigenvalue weighted by molar-refractivity contribution is 5.95. The highest BCUT2D eigenvalue weighted by Crippen LogP contribution is 2.40. The zero-order chi connectivity index (χ0) is 21.9. The number of carbonyl (C=O) groups excluding carboxylic acids is 1. The first-order valence-corrected chi connectivity index (χ1v) is 10.4. The number of benzene rings is 2. The minimum atomic E-state index is -0.271. The maximum absolute atomic E-state index is 12.4. The summed E-state index contributed by atoms with van der Waals surface area (Å²) < 4.78 is 5.17. The molecule has 2 aromatic rings. The van der Waals surface area contributed by atoms with Crippen LogP contribution in [0.3, 0.4) is 0 Å². The second-order valence-corrected chi connectivity index (χ2v) is 8.29. The lowest BCUT2D eigenvalue weighted by Gasteiger charge is -2.43. The number of hydrazone groups is 1. The van der Waals surface area contributed by atoms with Crippen LogP contribution in [0.1, 0.15) is 61.2 Å². The molecule has 1 N–H and O–H groups in total. The molecule has 0 bridgehead atoms. The van der Waals surface area contributed by atoms with Crippen molar-refractivity contribution < 1.29 is 9.53 Å². The fourth-order valence-electron chi connectivity index (χ4n) is 4.01. The number of ether oxygens (including phenoxy) is 1. The Morgan fingerprint density at radius 2 is 2.00 bits per heavy atom. The van der Waals surface area contributed by atoms with Gasteiger partial charge in [-0.1, -0.05) is 19.1 Å². The number of amides is 1. The van der Waals surface area contributed by atoms with E-state index in [0.717, 1.165) is 24.1 Å². The van der Waals surface area contributed by atoms with Gasteiger partial charge in [0.05, 0.1) is 18.9 Å². The van der Waals surface area contributed by atoms with E-state index in [2.05, 4.69) is 68.3 Å². The van der Waals surface area contributed by atoms with Crippen molar-refractivity contribution in [3.63, 3.8) is 0 Å². The lowest BCUT2D eigenvalue weighted by atomic mass is 9.87. The van der Waals surface area contributed by atoms with Crippen molar-refractivity contribution in [3.05, 3.63) is 64.7 Å². The van der Waals surface area contributed by atoms with Crippen molar-refractivity contribution in [3.8, 4) is 5.75 Å². The topological polar surface area (TPSA) is 53.9 Å². The Kier molecular flexibility index (Phi) is 6.30. The highest BCUT2D eigenvalue weighted by Gasteiger charge is 2.31. The molecule has 0 aromatic heterocycles. The zero-order valence-electron chi connectivity index (χ0n) is 18.7. The second-order valence-electron chi connectivity index (χ2n) is 8.29. The molecule has 158 valence electrons. The Morgan fingerprint density at radius 3 is 2.70 bits per heavy atom. The van der Waals surface area contributed by atoms with Gasteiger partial charge >= 0.3 is 0 Å². The van der Waals surface area contributed by atoms with Crippen molar-refractivity contribution in [2.75, 3.05) is 18.6 Å². The number of hydrogen-bond acceptors (Lipinski definition) is 4. The molecule has 0 spiro atoms. The van der Waals surface area contributed by atoms with Crippen LogP contribution in [0.15, 0.2) is 47.6 Å². The minimum absolute atomic E-state index is 0.0140. The van der Waals surface area contributed by atoms with Crippen molar-refractivity contribution in [1.82, 2.24) is 5.43 Å². The smallest absolute Gasteiger partial charge is 0.271 e. The molecule has 5 nitrogen and oxygen atoms in total. The molecule has 3 rings (SSSR count). The first-order chi connectivity index (χ1) is 14.3. The fraction of sp³-hybridized carbons (Fsp3) is 0.360. The van der Waals surface area contributed by atoms with Gasteiger partial charge in [0.25, 0.3) is 5.91 Å². The Bertz CT molecular complexity index is 1010. The van der Waals surface area contributed by atoms with Gasteiger partial charge in [-0.25, -0.2) is 5.43 Å². The van der Waals surface area contributed by atoms with E-state index in [1.165, 1.54) is 16.8 Å². The molecule has 1 amide bonds. The largest absolute Gasteiger partial charge is 0.497 e. The molecule has 0 atom stereocenters. The van der Waals surface area contributed by atoms with E-state index in [-0.39, 0.29) is 11.4 Å². The van der Waals surface area contributed by atoms with Crippen LogP contribution in [0, 0.1) is 6.92 Å². The number of hydrogen-bond donors (Lipinski definition) is 1. The van der Waals surface area contributed by atoms with Crippen LogP contribution < -0.4 is 15.1 Å². The van der Waals surface area contributed by atoms with Crippen molar-refractivity contribution >= 4 is 23.4 Å². The minimum Gasteiger partial charge on any atom is -0.497 e. The number of rotatable bonds is 6. The molecular formula is C25H31N3O2. The summed E-state index contributed by atoms with van der Waals surface area (Å²) in [7, 11) is 1.58. The van der Waals surface area contributed by atoms with Gasteiger partial charge in [-0.15, -0.1) is 0 Å². The van der Waals surface area contributed by atoms with Crippen LogP contribution >= 0.6 is 0 Å². The van der Waals surface area contributed by atoms with E-state index in [1.807, 2.05) is 0 Å². The number of nitrogens with one attached hydrogen (secondary N) is 1. The zero-order valence-corrected chi connectivity index (χ0v) is 18.7. The number of anilines is 1. The van der Waals surface area contributed by atoms with Gasteiger partial charge in [0.1, 0.15) is 5.75 Å². The van der Waals surface area contributed by atoms with Crippen LogP contribution in [-0.2, 0) is 0 Å². The van der Waals surface area contributed by atoms with Crippen LogP contribution in [0.5, 0.6) is 5.75 Å². The molecule has 0 radical (unpaired) electrons. The third kappa shape index (κ3) is 4.40. The van der Waals surface area contributed by atoms with E-state index in [1.54, 1.807) is 37.6 Å². The molecule has 0 saturated carbocycles. The third-order valence-corrected chi connectivity index (χ3v) is 5.51. The quantitative estimate of drug-likeness (QED) is 0.532. The molecule has 0 saturated heterocycles. The SMILES string of the molecule is CCCN1c2cc(C)c(/C=N\NC(=O)c3cccc(OC)c3)cc2C(C)=CC1(C)C. The van der Waals surface area contributed by atoms with Crippen LogP contribution in [0.4, 0.5) is 5.69 Å². The van der Waals surface area contributed by atoms with Crippen molar-refractivity contribution in [1.29, 1.82) is 0 Å². The summed E-state index contributed by atoms with van der Waals surface area (Å²) in [6.07, 6.45) is 5.13. The van der Waals surface area contributed by atoms with Crippen molar-refractivity contribution in [2.45, 2.75) is 46.6 Å². The van der Waals surface area contributed by atoms with Gasteiger partial charge in [0, 0.05) is 23.4 Å². The highest BCUT2D eigenvalue weighted by atomic mass is 16.5. The monoisotopic (exact) mass is 405 g/mol. The maximum atomic E-state index is 12.4. The summed E-state index contributed by atoms with van der Waals surface area (Å²) >= 11 is 0. The summed E-state index contributed by atoms with van der Waals surface area (Å²) in [5.41, 5.74) is 8.95. The molecule has 2 aromatic carbocycles. The average Bonchev–Trinajstić information content (AvgIpc) is 2.71. The van der Waals surface area contributed by atoms with Crippen LogP contribution in [0.2, 0.25) is 0 Å². The number of methoxy groups -OCH3 is 1. The molecule has 0 unspecified atom stereocenters. The Labute approximate surface area is 179 Å². The summed E-state index contributed by atoms with van der Waals surface area (Å²) in [5.74, 6) is 0.367.